The maximum Gasteiger partial charge on any atom is 0.180 e. The Morgan fingerprint density at radius 3 is 2.78 bits per heavy atom. The summed E-state index contributed by atoms with van der Waals surface area (Å²) in [6.07, 6.45) is 4.80. The maximum atomic E-state index is 13.1. The van der Waals surface area contributed by atoms with Crippen LogP contribution in [-0.4, -0.2) is 71.6 Å². The first-order chi connectivity index (χ1) is 17.9. The summed E-state index contributed by atoms with van der Waals surface area (Å²) in [5.74, 6) is 0.447. The molecule has 9 nitrogen and oxygen atoms in total. The van der Waals surface area contributed by atoms with Crippen molar-refractivity contribution in [3.05, 3.63) is 64.0 Å². The van der Waals surface area contributed by atoms with E-state index in [2.05, 4.69) is 25.1 Å². The van der Waals surface area contributed by atoms with Gasteiger partial charge in [0, 0.05) is 66.9 Å². The van der Waals surface area contributed by atoms with Crippen LogP contribution in [0.15, 0.2) is 47.6 Å². The number of ether oxygens (including phenoxy) is 2. The second kappa shape index (κ2) is 11.3. The summed E-state index contributed by atoms with van der Waals surface area (Å²) in [6, 6.07) is 9.03. The Morgan fingerprint density at radius 2 is 2.03 bits per heavy atom. The Morgan fingerprint density at radius 1 is 1.19 bits per heavy atom. The molecule has 1 saturated heterocycles. The molecule has 1 aromatic carbocycles. The predicted octanol–water partition coefficient (Wildman–Crippen LogP) is 3.64. The lowest BCUT2D eigenvalue weighted by Crippen LogP contribution is -2.35. The van der Waals surface area contributed by atoms with Gasteiger partial charge in [0.15, 0.2) is 9.84 Å². The van der Waals surface area contributed by atoms with E-state index in [-0.39, 0.29) is 4.90 Å². The van der Waals surface area contributed by atoms with Crippen molar-refractivity contribution >= 4 is 32.1 Å². The van der Waals surface area contributed by atoms with E-state index >= 15 is 0 Å². The summed E-state index contributed by atoms with van der Waals surface area (Å²) in [6.45, 7) is 7.96. The number of nitrogens with zero attached hydrogens (tertiary/aromatic N) is 4. The van der Waals surface area contributed by atoms with Gasteiger partial charge in [0.2, 0.25) is 0 Å². The summed E-state index contributed by atoms with van der Waals surface area (Å²) >= 11 is 1.67. The standard InChI is InChI=1S/C26H31N5O4S2/c1-18(2)37(32,33)21-13-22-23(15-25-28-16-20(36-25)17-31-8-11-34-12-9-31)29-30-26(22)24(14-21)35-10-6-19-5-3-4-7-27-19/h3-5,7,13-14,16,18H,6,8-12,15,17H2,1-2H3,(H,29,30). The monoisotopic (exact) mass is 541 g/mol. The number of morpholine rings is 1. The molecule has 4 aromatic rings. The maximum absolute atomic E-state index is 13.1. The van der Waals surface area contributed by atoms with Crippen LogP contribution < -0.4 is 4.74 Å². The van der Waals surface area contributed by atoms with Gasteiger partial charge in [0.25, 0.3) is 0 Å². The van der Waals surface area contributed by atoms with Crippen molar-refractivity contribution < 1.29 is 17.9 Å². The van der Waals surface area contributed by atoms with Gasteiger partial charge in [-0.1, -0.05) is 6.07 Å². The van der Waals surface area contributed by atoms with Gasteiger partial charge in [-0.25, -0.2) is 13.4 Å². The van der Waals surface area contributed by atoms with E-state index in [4.69, 9.17) is 9.47 Å². The number of rotatable bonds is 10. The zero-order chi connectivity index (χ0) is 25.8. The highest BCUT2D eigenvalue weighted by Gasteiger charge is 2.24. The molecule has 1 fully saturated rings. The fourth-order valence-electron chi connectivity index (χ4n) is 4.24. The van der Waals surface area contributed by atoms with E-state index in [9.17, 15) is 8.42 Å². The molecular weight excluding hydrogens is 510 g/mol. The van der Waals surface area contributed by atoms with Crippen LogP contribution in [-0.2, 0) is 34.0 Å². The van der Waals surface area contributed by atoms with Gasteiger partial charge in [-0.15, -0.1) is 11.3 Å². The van der Waals surface area contributed by atoms with Gasteiger partial charge in [-0.3, -0.25) is 15.0 Å². The summed E-state index contributed by atoms with van der Waals surface area (Å²) in [5.41, 5.74) is 2.34. The second-order valence-electron chi connectivity index (χ2n) is 9.32. The predicted molar refractivity (Wildman–Crippen MR) is 143 cm³/mol. The molecule has 3 aromatic heterocycles. The third-order valence-corrected chi connectivity index (χ3v) is 9.50. The minimum absolute atomic E-state index is 0.234. The molecule has 0 radical (unpaired) electrons. The molecule has 4 heterocycles. The summed E-state index contributed by atoms with van der Waals surface area (Å²) in [7, 11) is -3.51. The lowest BCUT2D eigenvalue weighted by atomic mass is 10.1. The minimum atomic E-state index is -3.51. The van der Waals surface area contributed by atoms with Gasteiger partial charge in [-0.2, -0.15) is 5.10 Å². The molecule has 1 aliphatic heterocycles. The van der Waals surface area contributed by atoms with Crippen molar-refractivity contribution in [3.63, 3.8) is 0 Å². The van der Waals surface area contributed by atoms with Crippen molar-refractivity contribution in [1.82, 2.24) is 25.1 Å². The first kappa shape index (κ1) is 25.8. The van der Waals surface area contributed by atoms with E-state index in [1.165, 1.54) is 4.88 Å². The fourth-order valence-corrected chi connectivity index (χ4v) is 6.31. The number of pyridine rings is 1. The molecule has 1 N–H and O–H groups in total. The molecule has 0 unspecified atom stereocenters. The fraction of sp³-hybridized carbons (Fsp3) is 0.423. The van der Waals surface area contributed by atoms with E-state index in [1.54, 1.807) is 43.5 Å². The number of hydrogen-bond donors (Lipinski definition) is 1. The molecule has 0 amide bonds. The van der Waals surface area contributed by atoms with E-state index in [1.807, 2.05) is 24.4 Å². The van der Waals surface area contributed by atoms with Gasteiger partial charge < -0.3 is 9.47 Å². The molecule has 0 bridgehead atoms. The Labute approximate surface area is 220 Å². The zero-order valence-corrected chi connectivity index (χ0v) is 22.6. The number of thiazole rings is 1. The average Bonchev–Trinajstić information content (AvgIpc) is 3.52. The third-order valence-electron chi connectivity index (χ3n) is 6.38. The van der Waals surface area contributed by atoms with Crippen LogP contribution in [0.2, 0.25) is 0 Å². The molecular formula is C26H31N5O4S2. The van der Waals surface area contributed by atoms with Crippen molar-refractivity contribution in [2.75, 3.05) is 32.9 Å². The van der Waals surface area contributed by atoms with Gasteiger partial charge >= 0.3 is 0 Å². The van der Waals surface area contributed by atoms with Crippen LogP contribution in [0.4, 0.5) is 0 Å². The number of fused-ring (bicyclic) bond motifs is 1. The van der Waals surface area contributed by atoms with Crippen LogP contribution in [0.3, 0.4) is 0 Å². The number of benzene rings is 1. The zero-order valence-electron chi connectivity index (χ0n) is 21.0. The van der Waals surface area contributed by atoms with Crippen LogP contribution >= 0.6 is 11.3 Å². The molecule has 0 atom stereocenters. The molecule has 0 saturated carbocycles. The van der Waals surface area contributed by atoms with Crippen molar-refractivity contribution in [3.8, 4) is 5.75 Å². The molecule has 0 aliphatic carbocycles. The van der Waals surface area contributed by atoms with Crippen LogP contribution in [0, 0.1) is 0 Å². The highest BCUT2D eigenvalue weighted by Crippen LogP contribution is 2.33. The van der Waals surface area contributed by atoms with Crippen molar-refractivity contribution in [2.45, 2.75) is 43.4 Å². The Hall–Kier alpha value is -2.86. The number of aromatic nitrogens is 4. The number of H-pyrrole nitrogens is 1. The quantitative estimate of drug-likeness (QED) is 0.324. The molecule has 1 aliphatic rings. The second-order valence-corrected chi connectivity index (χ2v) is 13.0. The molecule has 0 spiro atoms. The van der Waals surface area contributed by atoms with Crippen molar-refractivity contribution in [2.24, 2.45) is 0 Å². The average molecular weight is 542 g/mol. The minimum Gasteiger partial charge on any atom is -0.491 e. The number of nitrogens with one attached hydrogen (secondary N) is 1. The van der Waals surface area contributed by atoms with Gasteiger partial charge in [-0.05, 0) is 32.0 Å². The lowest BCUT2D eigenvalue weighted by Gasteiger charge is -2.25. The Bertz CT molecular complexity index is 1440. The first-order valence-corrected chi connectivity index (χ1v) is 14.8. The normalized spacial score (nSPS) is 15.0. The molecule has 37 heavy (non-hydrogen) atoms. The number of aromatic amines is 1. The van der Waals surface area contributed by atoms with Crippen molar-refractivity contribution in [1.29, 1.82) is 0 Å². The number of sulfone groups is 1. The topological polar surface area (TPSA) is 110 Å². The molecule has 196 valence electrons. The lowest BCUT2D eigenvalue weighted by molar-refractivity contribution is 0.0346. The smallest absolute Gasteiger partial charge is 0.180 e. The summed E-state index contributed by atoms with van der Waals surface area (Å²) < 4.78 is 37.7. The van der Waals surface area contributed by atoms with E-state index in [0.717, 1.165) is 54.6 Å². The van der Waals surface area contributed by atoms with E-state index < -0.39 is 15.1 Å². The Balaban J connectivity index is 1.40. The van der Waals surface area contributed by atoms with Gasteiger partial charge in [0.1, 0.15) is 11.3 Å². The van der Waals surface area contributed by atoms with Gasteiger partial charge in [0.05, 0.1) is 40.7 Å². The highest BCUT2D eigenvalue weighted by atomic mass is 32.2. The van der Waals surface area contributed by atoms with Crippen LogP contribution in [0.1, 0.15) is 35.1 Å². The summed E-state index contributed by atoms with van der Waals surface area (Å²) in [5, 5.41) is 8.75. The molecule has 5 rings (SSSR count). The first-order valence-electron chi connectivity index (χ1n) is 12.4. The number of hydrogen-bond acceptors (Lipinski definition) is 9. The SMILES string of the molecule is CC(C)S(=O)(=O)c1cc(OCCc2ccccn2)c2n[nH]c(Cc3ncc(CN4CCOCC4)s3)c2c1. The highest BCUT2D eigenvalue weighted by molar-refractivity contribution is 7.92. The van der Waals surface area contributed by atoms with Crippen LogP contribution in [0.5, 0.6) is 5.75 Å². The Kier molecular flexibility index (Phi) is 7.84. The largest absolute Gasteiger partial charge is 0.491 e. The summed E-state index contributed by atoms with van der Waals surface area (Å²) in [4.78, 5) is 12.7. The van der Waals surface area contributed by atoms with E-state index in [0.29, 0.717) is 30.7 Å². The third kappa shape index (κ3) is 6.01. The van der Waals surface area contributed by atoms with Crippen LogP contribution in [0.25, 0.3) is 10.9 Å². The molecule has 11 heteroatoms.